The summed E-state index contributed by atoms with van der Waals surface area (Å²) in [6.07, 6.45) is 8.14. The van der Waals surface area contributed by atoms with E-state index in [1.165, 1.54) is 13.7 Å². The lowest BCUT2D eigenvalue weighted by Crippen LogP contribution is -2.59. The number of ether oxygens (including phenoxy) is 6. The molecule has 1 amide bonds. The topological polar surface area (TPSA) is 209 Å². The molecule has 0 spiro atoms. The van der Waals surface area contributed by atoms with Crippen LogP contribution in [-0.2, 0) is 57.6 Å². The first-order valence-corrected chi connectivity index (χ1v) is 23.3. The van der Waals surface area contributed by atoms with Crippen molar-refractivity contribution in [2.24, 2.45) is 42.5 Å². The Morgan fingerprint density at radius 2 is 0.877 bits per heavy atom. The quantitative estimate of drug-likeness (QED) is 0.0822. The van der Waals surface area contributed by atoms with Gasteiger partial charge < -0.3 is 33.7 Å². The van der Waals surface area contributed by atoms with Crippen LogP contribution in [0.3, 0.4) is 0 Å². The van der Waals surface area contributed by atoms with Crippen LogP contribution < -0.4 is 22.4 Å². The number of alkyl carbamates (subject to hydrolysis) is 1. The van der Waals surface area contributed by atoms with Gasteiger partial charge in [-0.2, -0.15) is 0 Å². The Bertz CT molecular complexity index is 1920. The molecular formula is C47H78N6O12. The van der Waals surface area contributed by atoms with Gasteiger partial charge >= 0.3 is 23.2 Å². The van der Waals surface area contributed by atoms with Crippen molar-refractivity contribution in [2.45, 2.75) is 158 Å². The second kappa shape index (κ2) is 23.3. The second-order valence-electron chi connectivity index (χ2n) is 22.5. The van der Waals surface area contributed by atoms with Crippen LogP contribution in [-0.4, -0.2) is 123 Å². The van der Waals surface area contributed by atoms with Gasteiger partial charge in [-0.25, -0.2) is 52.5 Å². The fourth-order valence-electron chi connectivity index (χ4n) is 12.1. The number of carbonyl (C=O) groups is 1. The molecular weight excluding hydrogens is 841 g/mol. The Kier molecular flexibility index (Phi) is 19.3. The van der Waals surface area contributed by atoms with Crippen molar-refractivity contribution >= 4 is 18.3 Å². The lowest BCUT2D eigenvalue weighted by molar-refractivity contribution is -0.0115. The van der Waals surface area contributed by atoms with Gasteiger partial charge in [-0.1, -0.05) is 62.3 Å². The number of aliphatic imine (C=N–C) groups is 2. The number of isocyanates is 2. The van der Waals surface area contributed by atoms with Gasteiger partial charge in [0.1, 0.15) is 6.61 Å². The Morgan fingerprint density at radius 3 is 1.25 bits per heavy atom. The number of hydrogen-bond acceptors (Lipinski definition) is 14. The summed E-state index contributed by atoms with van der Waals surface area (Å²) in [7, 11) is 1.62. The molecule has 0 saturated heterocycles. The zero-order valence-electron chi connectivity index (χ0n) is 40.9. The smallest absolute Gasteiger partial charge is 0.407 e. The van der Waals surface area contributed by atoms with E-state index in [2.05, 4.69) is 56.8 Å². The number of aromatic nitrogens is 3. The average Bonchev–Trinajstić information content (AvgIpc) is 3.16. The van der Waals surface area contributed by atoms with Gasteiger partial charge in [0.25, 0.3) is 0 Å². The summed E-state index contributed by atoms with van der Waals surface area (Å²) in [6.45, 7) is 22.4. The zero-order chi connectivity index (χ0) is 48.1. The largest absolute Gasteiger partial charge is 0.447 e. The molecule has 3 aliphatic rings. The zero-order valence-corrected chi connectivity index (χ0v) is 40.9. The third-order valence-electron chi connectivity index (χ3n) is 13.1. The lowest BCUT2D eigenvalue weighted by atomic mass is 9.62. The number of hydrogen-bond donors (Lipinski definition) is 1. The van der Waals surface area contributed by atoms with Crippen LogP contribution in [0.4, 0.5) is 4.79 Å². The molecule has 6 atom stereocenters. The van der Waals surface area contributed by atoms with Crippen LogP contribution in [0, 0.1) is 32.5 Å². The van der Waals surface area contributed by atoms with Crippen LogP contribution in [0.5, 0.6) is 0 Å². The van der Waals surface area contributed by atoms with Crippen LogP contribution in [0.25, 0.3) is 0 Å². The first-order valence-electron chi connectivity index (χ1n) is 23.3. The van der Waals surface area contributed by atoms with E-state index in [0.717, 1.165) is 0 Å². The van der Waals surface area contributed by atoms with Crippen molar-refractivity contribution in [1.29, 1.82) is 0 Å². The molecule has 0 radical (unpaired) electrons. The fraction of sp³-hybridized carbons (Fsp3) is 0.872. The minimum Gasteiger partial charge on any atom is -0.447 e. The highest BCUT2D eigenvalue weighted by Gasteiger charge is 2.46. The molecule has 3 saturated carbocycles. The molecule has 65 heavy (non-hydrogen) atoms. The Hall–Kier alpha value is -3.76. The standard InChI is InChI=1S/C47H78N6O12/c1-42(2)21-35(48-33-54)24-45(7,27-42)30-51-39(57)52(31-46(8)25-36(49-34-55)22-43(3,4)28-46)41(59)53(40(51)58)32-47(9)26-37(23-44(5,6)29-47)50-38(56)65-20-19-64-18-17-63-16-15-62-14-13-61-12-11-60-10/h35-37H,11-32H2,1-10H3,(H,50,56). The Labute approximate surface area is 384 Å². The summed E-state index contributed by atoms with van der Waals surface area (Å²) >= 11 is 0. The van der Waals surface area contributed by atoms with Crippen molar-refractivity contribution < 1.29 is 42.8 Å². The van der Waals surface area contributed by atoms with Gasteiger partial charge in [0.15, 0.2) is 0 Å². The molecule has 4 rings (SSSR count). The van der Waals surface area contributed by atoms with E-state index >= 15 is 0 Å². The molecule has 1 aromatic heterocycles. The van der Waals surface area contributed by atoms with Crippen molar-refractivity contribution in [2.75, 3.05) is 73.2 Å². The first kappa shape index (κ1) is 53.9. The summed E-state index contributed by atoms with van der Waals surface area (Å²) in [4.78, 5) is 88.3. The minimum absolute atomic E-state index is 0.00741. The maximum atomic E-state index is 14.8. The maximum absolute atomic E-state index is 14.8. The highest BCUT2D eigenvalue weighted by molar-refractivity contribution is 5.67. The lowest BCUT2D eigenvalue weighted by Gasteiger charge is -2.47. The third-order valence-corrected chi connectivity index (χ3v) is 13.1. The van der Waals surface area contributed by atoms with Crippen LogP contribution in [0.15, 0.2) is 24.4 Å². The predicted molar refractivity (Wildman–Crippen MR) is 244 cm³/mol. The molecule has 368 valence electrons. The summed E-state index contributed by atoms with van der Waals surface area (Å²) in [5, 5.41) is 3.02. The summed E-state index contributed by atoms with van der Waals surface area (Å²) in [5.74, 6) is 0. The number of nitrogens with zero attached hydrogens (tertiary/aromatic N) is 5. The maximum Gasteiger partial charge on any atom is 0.407 e. The molecule has 1 N–H and O–H groups in total. The van der Waals surface area contributed by atoms with Crippen LogP contribution in [0.1, 0.15) is 120 Å². The van der Waals surface area contributed by atoms with Crippen molar-refractivity contribution in [3.63, 3.8) is 0 Å². The van der Waals surface area contributed by atoms with E-state index in [-0.39, 0.29) is 67.2 Å². The first-order chi connectivity index (χ1) is 30.4. The number of rotatable bonds is 24. The van der Waals surface area contributed by atoms with Crippen molar-refractivity contribution in [3.8, 4) is 0 Å². The van der Waals surface area contributed by atoms with E-state index in [9.17, 15) is 28.8 Å². The van der Waals surface area contributed by atoms with E-state index < -0.39 is 39.4 Å². The SMILES string of the molecule is COCCOCCOCCOCCOCCOC(=O)NC1CC(C)(C)CC(C)(Cn2c(=O)n(CC3(C)CC(N=C=O)CC(C)(C)C3)c(=O)n(CC3(C)CC(N=C=O)CC(C)(C)C3)c2=O)C1. The minimum atomic E-state index is -0.694. The molecule has 1 aromatic rings. The molecule has 0 aliphatic heterocycles. The van der Waals surface area contributed by atoms with E-state index in [1.807, 2.05) is 20.8 Å². The molecule has 3 fully saturated rings. The van der Waals surface area contributed by atoms with Gasteiger partial charge in [-0.15, -0.1) is 0 Å². The van der Waals surface area contributed by atoms with E-state index in [1.54, 1.807) is 19.3 Å². The monoisotopic (exact) mass is 919 g/mol. The Morgan fingerprint density at radius 1 is 0.538 bits per heavy atom. The highest BCUT2D eigenvalue weighted by atomic mass is 16.6. The average molecular weight is 919 g/mol. The summed E-state index contributed by atoms with van der Waals surface area (Å²) in [6, 6.07) is -0.976. The fourth-order valence-corrected chi connectivity index (χ4v) is 12.1. The van der Waals surface area contributed by atoms with Crippen molar-refractivity contribution in [3.05, 3.63) is 31.5 Å². The van der Waals surface area contributed by atoms with Gasteiger partial charge in [-0.3, -0.25) is 0 Å². The molecule has 18 heteroatoms. The number of nitrogens with one attached hydrogen (secondary N) is 1. The number of carbonyl (C=O) groups excluding carboxylic acids is 3. The van der Waals surface area contributed by atoms with E-state index in [4.69, 9.17) is 28.4 Å². The summed E-state index contributed by atoms with van der Waals surface area (Å²) in [5.41, 5.74) is -4.74. The second-order valence-corrected chi connectivity index (χ2v) is 22.5. The van der Waals surface area contributed by atoms with Gasteiger partial charge in [-0.05, 0) is 90.3 Å². The highest BCUT2D eigenvalue weighted by Crippen LogP contribution is 2.50. The Balaban J connectivity index is 1.49. The predicted octanol–water partition coefficient (Wildman–Crippen LogP) is 5.04. The van der Waals surface area contributed by atoms with Gasteiger partial charge in [0.2, 0.25) is 12.2 Å². The van der Waals surface area contributed by atoms with Gasteiger partial charge in [0, 0.05) is 32.8 Å². The normalized spacial score (nSPS) is 28.1. The number of methoxy groups -OCH3 is 1. The molecule has 1 heterocycles. The van der Waals surface area contributed by atoms with Crippen LogP contribution >= 0.6 is 0 Å². The molecule has 0 aromatic carbocycles. The summed E-state index contributed by atoms with van der Waals surface area (Å²) < 4.78 is 35.9. The number of amides is 1. The third kappa shape index (κ3) is 16.8. The van der Waals surface area contributed by atoms with Gasteiger partial charge in [0.05, 0.1) is 71.5 Å². The molecule has 3 aliphatic carbocycles. The van der Waals surface area contributed by atoms with E-state index in [0.29, 0.717) is 111 Å². The molecule has 6 unspecified atom stereocenters. The molecule has 18 nitrogen and oxygen atoms in total. The van der Waals surface area contributed by atoms with Crippen molar-refractivity contribution in [1.82, 2.24) is 19.0 Å². The van der Waals surface area contributed by atoms with Crippen LogP contribution in [0.2, 0.25) is 0 Å². The molecule has 0 bridgehead atoms.